The number of imidazole rings is 1. The predicted molar refractivity (Wildman–Crippen MR) is 128 cm³/mol. The third-order valence-electron chi connectivity index (χ3n) is 6.90. The number of H-pyrrole nitrogens is 2. The lowest BCUT2D eigenvalue weighted by Crippen LogP contribution is -2.47. The first-order chi connectivity index (χ1) is 16.0. The maximum Gasteiger partial charge on any atom is 0.159 e. The van der Waals surface area contributed by atoms with Crippen LogP contribution in [0.1, 0.15) is 30.8 Å². The van der Waals surface area contributed by atoms with E-state index in [9.17, 15) is 4.39 Å². The number of likely N-dealkylation sites (tertiary alicyclic amines) is 1. The molecule has 6 nitrogen and oxygen atoms in total. The fourth-order valence-corrected chi connectivity index (χ4v) is 5.03. The zero-order valence-electron chi connectivity index (χ0n) is 19.0. The molecular weight excluding hydrogens is 415 g/mol. The molecule has 0 atom stereocenters. The number of benzene rings is 2. The molecule has 1 fully saturated rings. The number of nitrogens with one attached hydrogen (secondary N) is 2. The minimum absolute atomic E-state index is 0.224. The Morgan fingerprint density at radius 3 is 2.76 bits per heavy atom. The summed E-state index contributed by atoms with van der Waals surface area (Å²) in [7, 11) is 0. The monoisotopic (exact) mass is 442 g/mol. The molecule has 2 N–H and O–H groups in total. The summed E-state index contributed by atoms with van der Waals surface area (Å²) in [6.45, 7) is 12.4. The van der Waals surface area contributed by atoms with E-state index >= 15 is 0 Å². The second-order valence-electron chi connectivity index (χ2n) is 9.28. The van der Waals surface area contributed by atoms with Crippen molar-refractivity contribution >= 4 is 10.9 Å². The second kappa shape index (κ2) is 7.47. The Bertz CT molecular complexity index is 1350. The first-order valence-corrected chi connectivity index (χ1v) is 11.5. The molecule has 2 aliphatic heterocycles. The van der Waals surface area contributed by atoms with Crippen LogP contribution in [0, 0.1) is 11.7 Å². The molecule has 0 bridgehead atoms. The van der Waals surface area contributed by atoms with Crippen molar-refractivity contribution in [2.24, 2.45) is 5.92 Å². The van der Waals surface area contributed by atoms with Crippen LogP contribution in [0.5, 0.6) is 0 Å². The highest BCUT2D eigenvalue weighted by atomic mass is 19.1. The second-order valence-corrected chi connectivity index (χ2v) is 9.28. The Balaban J connectivity index is 1.27. The number of aryl methyl sites for hydroxylation is 1. The molecule has 2 aromatic carbocycles. The van der Waals surface area contributed by atoms with Crippen molar-refractivity contribution < 1.29 is 4.39 Å². The van der Waals surface area contributed by atoms with Gasteiger partial charge < -0.3 is 14.8 Å². The van der Waals surface area contributed by atoms with Gasteiger partial charge in [-0.05, 0) is 53.3 Å². The van der Waals surface area contributed by atoms with Gasteiger partial charge in [0.2, 0.25) is 0 Å². The van der Waals surface area contributed by atoms with Gasteiger partial charge in [-0.25, -0.2) is 9.37 Å². The number of aromatic amines is 2. The van der Waals surface area contributed by atoms with Gasteiger partial charge in [-0.3, -0.25) is 5.10 Å². The summed E-state index contributed by atoms with van der Waals surface area (Å²) in [5.74, 6) is 2.39. The largest absolute Gasteiger partial charge is 0.358 e. The molecule has 2 aromatic heterocycles. The zero-order chi connectivity index (χ0) is 22.7. The van der Waals surface area contributed by atoms with Crippen LogP contribution in [0.2, 0.25) is 0 Å². The lowest BCUT2D eigenvalue weighted by molar-refractivity contribution is 0.101. The van der Waals surface area contributed by atoms with E-state index in [1.807, 2.05) is 24.3 Å². The molecule has 4 heterocycles. The maximum atomic E-state index is 13.9. The minimum Gasteiger partial charge on any atom is -0.358 e. The third-order valence-corrected chi connectivity index (χ3v) is 6.90. The first kappa shape index (κ1) is 20.0. The van der Waals surface area contributed by atoms with Crippen molar-refractivity contribution in [1.82, 2.24) is 30.0 Å². The molecule has 0 amide bonds. The summed E-state index contributed by atoms with van der Waals surface area (Å²) in [6, 6.07) is 11.1. The Labute approximate surface area is 192 Å². The van der Waals surface area contributed by atoms with Crippen LogP contribution >= 0.6 is 0 Å². The van der Waals surface area contributed by atoms with Gasteiger partial charge in [0.25, 0.3) is 0 Å². The van der Waals surface area contributed by atoms with E-state index in [1.54, 1.807) is 6.07 Å². The van der Waals surface area contributed by atoms with Crippen LogP contribution in [-0.2, 0) is 19.5 Å². The summed E-state index contributed by atoms with van der Waals surface area (Å²) >= 11 is 0. The summed E-state index contributed by atoms with van der Waals surface area (Å²) in [4.78, 5) is 13.0. The number of hydrogen-bond acceptors (Lipinski definition) is 4. The minimum atomic E-state index is -0.224. The number of fused-ring (bicyclic) bond motifs is 2. The van der Waals surface area contributed by atoms with Gasteiger partial charge in [0.1, 0.15) is 11.5 Å². The van der Waals surface area contributed by atoms with Gasteiger partial charge >= 0.3 is 0 Å². The van der Waals surface area contributed by atoms with E-state index in [2.05, 4.69) is 45.4 Å². The number of aromatic nitrogens is 4. The molecule has 2 aliphatic rings. The fourth-order valence-electron chi connectivity index (χ4n) is 5.03. The van der Waals surface area contributed by atoms with Crippen molar-refractivity contribution in [3.05, 3.63) is 71.6 Å². The quantitative estimate of drug-likeness (QED) is 0.454. The van der Waals surface area contributed by atoms with Crippen LogP contribution in [-0.4, -0.2) is 43.1 Å². The van der Waals surface area contributed by atoms with Crippen LogP contribution < -0.4 is 0 Å². The topological polar surface area (TPSA) is 63.8 Å². The molecule has 6 rings (SSSR count). The van der Waals surface area contributed by atoms with Gasteiger partial charge in [0.15, 0.2) is 5.82 Å². The molecule has 168 valence electrons. The molecule has 0 unspecified atom stereocenters. The van der Waals surface area contributed by atoms with Gasteiger partial charge in [0.05, 0.1) is 35.8 Å². The van der Waals surface area contributed by atoms with Crippen molar-refractivity contribution in [3.8, 4) is 22.6 Å². The normalized spacial score (nSPS) is 15.8. The molecule has 33 heavy (non-hydrogen) atoms. The number of hydrogen-bond donors (Lipinski definition) is 2. The number of rotatable bonds is 5. The third kappa shape index (κ3) is 3.30. The summed E-state index contributed by atoms with van der Waals surface area (Å²) in [5.41, 5.74) is 6.92. The molecule has 0 spiro atoms. The van der Waals surface area contributed by atoms with Gasteiger partial charge in [-0.15, -0.1) is 0 Å². The Morgan fingerprint density at radius 2 is 2.00 bits per heavy atom. The highest BCUT2D eigenvalue weighted by molar-refractivity contribution is 5.94. The van der Waals surface area contributed by atoms with Crippen LogP contribution in [0.15, 0.2) is 48.8 Å². The van der Waals surface area contributed by atoms with Gasteiger partial charge in [-0.1, -0.05) is 32.6 Å². The van der Waals surface area contributed by atoms with Gasteiger partial charge in [-0.2, -0.15) is 5.10 Å². The molecular formula is C26H27FN6. The highest BCUT2D eigenvalue weighted by Crippen LogP contribution is 2.34. The van der Waals surface area contributed by atoms with Crippen molar-refractivity contribution in [2.75, 3.05) is 13.1 Å². The van der Waals surface area contributed by atoms with E-state index in [4.69, 9.17) is 4.98 Å². The zero-order valence-corrected chi connectivity index (χ0v) is 19.0. The van der Waals surface area contributed by atoms with Crippen molar-refractivity contribution in [1.29, 1.82) is 0 Å². The average molecular weight is 443 g/mol. The summed E-state index contributed by atoms with van der Waals surface area (Å²) in [6.07, 6.45) is 0.847. The fraction of sp³-hybridized carbons (Fsp3) is 0.308. The Kier molecular flexibility index (Phi) is 4.54. The maximum absolute atomic E-state index is 13.9. The lowest BCUT2D eigenvalue weighted by Gasteiger charge is -2.43. The molecule has 0 radical (unpaired) electrons. The Hall–Kier alpha value is -3.61. The summed E-state index contributed by atoms with van der Waals surface area (Å²) in [5, 5.41) is 8.69. The van der Waals surface area contributed by atoms with Crippen molar-refractivity contribution in [2.45, 2.75) is 33.4 Å². The van der Waals surface area contributed by atoms with E-state index in [0.717, 1.165) is 94.8 Å². The number of nitrogens with zero attached hydrogens (tertiary/aromatic N) is 4. The average Bonchev–Trinajstić information content (AvgIpc) is 3.48. The van der Waals surface area contributed by atoms with Crippen LogP contribution in [0.3, 0.4) is 0 Å². The van der Waals surface area contributed by atoms with Crippen LogP contribution in [0.25, 0.3) is 33.5 Å². The SMILES string of the molecule is C=C(N1Cc2nc(-c3n[nH]c4cc(-c5cc(F)ccc5CC)ccc34)[nH]c2C1)N1CC(C)C1. The molecule has 0 aliphatic carbocycles. The van der Waals surface area contributed by atoms with E-state index < -0.39 is 0 Å². The predicted octanol–water partition coefficient (Wildman–Crippen LogP) is 5.06. The summed E-state index contributed by atoms with van der Waals surface area (Å²) < 4.78 is 13.9. The lowest BCUT2D eigenvalue weighted by atomic mass is 9.97. The molecule has 0 saturated carbocycles. The molecule has 1 saturated heterocycles. The van der Waals surface area contributed by atoms with E-state index in [1.165, 1.54) is 6.07 Å². The van der Waals surface area contributed by atoms with E-state index in [-0.39, 0.29) is 5.82 Å². The van der Waals surface area contributed by atoms with Crippen LogP contribution in [0.4, 0.5) is 4.39 Å². The van der Waals surface area contributed by atoms with Crippen molar-refractivity contribution in [3.63, 3.8) is 0 Å². The molecule has 4 aromatic rings. The standard InChI is InChI=1S/C26H27FN6/c1-4-17-5-7-19(27)10-21(17)18-6-8-20-22(9-18)30-31-25(20)26-28-23-13-33(14-24(23)29-26)16(3)32-11-15(2)12-32/h5-10,15H,3-4,11-14H2,1-2H3,(H,28,29)(H,30,31). The van der Waals surface area contributed by atoms with Gasteiger partial charge in [0, 0.05) is 18.5 Å². The first-order valence-electron chi connectivity index (χ1n) is 11.5. The molecule has 7 heteroatoms. The highest BCUT2D eigenvalue weighted by Gasteiger charge is 2.31. The number of halogens is 1. The Morgan fingerprint density at radius 1 is 1.15 bits per heavy atom. The van der Waals surface area contributed by atoms with E-state index in [0.29, 0.717) is 0 Å². The smallest absolute Gasteiger partial charge is 0.159 e.